The summed E-state index contributed by atoms with van der Waals surface area (Å²) in [5.74, 6) is 0. The van der Waals surface area contributed by atoms with Crippen LogP contribution in [-0.2, 0) is 0 Å². The fraction of sp³-hybridized carbons (Fsp3) is 1.00. The fourth-order valence-corrected chi connectivity index (χ4v) is 0.816. The molecule has 0 aromatic carbocycles. The lowest BCUT2D eigenvalue weighted by molar-refractivity contribution is 0.807. The van der Waals surface area contributed by atoms with Gasteiger partial charge in [0.1, 0.15) is 0 Å². The van der Waals surface area contributed by atoms with Crippen molar-refractivity contribution in [3.8, 4) is 0 Å². The molecule has 0 bridgehead atoms. The molecule has 0 saturated carbocycles. The predicted octanol–water partition coefficient (Wildman–Crippen LogP) is 1.80. The van der Waals surface area contributed by atoms with Gasteiger partial charge in [-0.15, -0.1) is 0 Å². The van der Waals surface area contributed by atoms with Gasteiger partial charge < -0.3 is 22.9 Å². The zero-order chi connectivity index (χ0) is 16.5. The molecule has 134 valence electrons. The first-order chi connectivity index (χ1) is 9.66. The quantitative estimate of drug-likeness (QED) is 0.513. The van der Waals surface area contributed by atoms with E-state index in [2.05, 4.69) is 27.7 Å². The third kappa shape index (κ3) is 102. The van der Waals surface area contributed by atoms with E-state index in [1.807, 2.05) is 0 Å². The van der Waals surface area contributed by atoms with Crippen LogP contribution in [0.3, 0.4) is 0 Å². The van der Waals surface area contributed by atoms with Gasteiger partial charge in [0.15, 0.2) is 0 Å². The lowest BCUT2D eigenvalue weighted by Gasteiger charge is -1.80. The number of rotatable bonds is 8. The Morgan fingerprint density at radius 2 is 0.571 bits per heavy atom. The number of nitrogens with two attached hydrogens (primary N) is 4. The van der Waals surface area contributed by atoms with Gasteiger partial charge in [-0.1, -0.05) is 53.4 Å². The molecule has 0 saturated heterocycles. The summed E-state index contributed by atoms with van der Waals surface area (Å²) in [6.07, 6.45) is 9.54. The van der Waals surface area contributed by atoms with Gasteiger partial charge in [-0.05, 0) is 51.9 Å². The van der Waals surface area contributed by atoms with E-state index >= 15 is 0 Å². The average molecular weight is 306 g/mol. The van der Waals surface area contributed by atoms with E-state index in [4.69, 9.17) is 22.9 Å². The highest BCUT2D eigenvalue weighted by molar-refractivity contribution is 5.75. The molecule has 4 nitrogen and oxygen atoms in total. The smallest absolute Gasteiger partial charge is 0.0814 e. The maximum Gasteiger partial charge on any atom is 0.0814 e. The highest BCUT2D eigenvalue weighted by Crippen LogP contribution is 1.78. The third-order valence-corrected chi connectivity index (χ3v) is 2.23. The molecule has 0 aliphatic carbocycles. The van der Waals surface area contributed by atoms with Crippen LogP contribution >= 0.6 is 0 Å². The first-order valence-electron chi connectivity index (χ1n) is 8.46. The highest BCUT2D eigenvalue weighted by Gasteiger charge is 1.69. The van der Waals surface area contributed by atoms with Crippen LogP contribution in [0.2, 0.25) is 0 Å². The van der Waals surface area contributed by atoms with Crippen molar-refractivity contribution in [2.45, 2.75) is 79.1 Å². The molecule has 0 unspecified atom stereocenters. The second kappa shape index (κ2) is 50.2. The van der Waals surface area contributed by atoms with E-state index in [9.17, 15) is 0 Å². The summed E-state index contributed by atoms with van der Waals surface area (Å²) in [5, 5.41) is 0. The Morgan fingerprint density at radius 1 is 0.429 bits per heavy atom. The first-order valence-corrected chi connectivity index (χ1v) is 8.46. The Balaban J connectivity index is -0.0000000533. The van der Waals surface area contributed by atoms with Crippen molar-refractivity contribution in [2.24, 2.45) is 22.9 Å². The van der Waals surface area contributed by atoms with Gasteiger partial charge in [-0.25, -0.2) is 0 Å². The van der Waals surface area contributed by atoms with E-state index in [1.54, 1.807) is 0 Å². The largest absolute Gasteiger partial charge is 0.330 e. The maximum atomic E-state index is 5.14. The van der Waals surface area contributed by atoms with E-state index < -0.39 is 0 Å². The van der Waals surface area contributed by atoms with Crippen molar-refractivity contribution in [2.75, 3.05) is 26.2 Å². The summed E-state index contributed by atoms with van der Waals surface area (Å²) < 4.78 is 0. The summed E-state index contributed by atoms with van der Waals surface area (Å²) in [4.78, 5) is 0. The number of hydrogen-bond donors (Lipinski definition) is 4. The van der Waals surface area contributed by atoms with E-state index in [1.165, 1.54) is 51.4 Å². The van der Waals surface area contributed by atoms with Crippen molar-refractivity contribution in [1.29, 1.82) is 0 Å². The van der Waals surface area contributed by atoms with Gasteiger partial charge >= 0.3 is 0 Å². The molecule has 5 heteroatoms. The Morgan fingerprint density at radius 3 is 0.571 bits per heavy atom. The fourth-order valence-electron chi connectivity index (χ4n) is 0.816. The molecule has 0 fully saturated rings. The van der Waals surface area contributed by atoms with E-state index in [-0.39, 0.29) is 8.41 Å². The average Bonchev–Trinajstić information content (AvgIpc) is 2.44. The predicted molar refractivity (Wildman–Crippen MR) is 106 cm³/mol. The van der Waals surface area contributed by atoms with Crippen LogP contribution in [0.25, 0.3) is 0 Å². The highest BCUT2D eigenvalue weighted by atomic mass is 14.5. The second-order valence-corrected chi connectivity index (χ2v) is 4.57. The van der Waals surface area contributed by atoms with Crippen molar-refractivity contribution < 1.29 is 0 Å². The van der Waals surface area contributed by atoms with E-state index in [0.29, 0.717) is 0 Å². The van der Waals surface area contributed by atoms with Crippen molar-refractivity contribution in [3.05, 3.63) is 0 Å². The Hall–Kier alpha value is -0.0951. The summed E-state index contributed by atoms with van der Waals surface area (Å²) >= 11 is 0. The second-order valence-electron chi connectivity index (χ2n) is 4.57. The summed E-state index contributed by atoms with van der Waals surface area (Å²) in [7, 11) is 0. The van der Waals surface area contributed by atoms with Crippen LogP contribution in [0.15, 0.2) is 0 Å². The lowest BCUT2D eigenvalue weighted by Crippen LogP contribution is -1.95. The Labute approximate surface area is 137 Å². The molecule has 21 heavy (non-hydrogen) atoms. The molecule has 0 rings (SSSR count). The zero-order valence-corrected chi connectivity index (χ0v) is 14.8. The SMILES string of the molecule is B.CCCCN.CCCCN.CCCCN.CCCCN. The Kier molecular flexibility index (Phi) is 78.3. The topological polar surface area (TPSA) is 104 Å². The summed E-state index contributed by atoms with van der Waals surface area (Å²) in [6, 6.07) is 0. The summed E-state index contributed by atoms with van der Waals surface area (Å²) in [5.41, 5.74) is 20.6. The maximum absolute atomic E-state index is 5.14. The molecule has 0 atom stereocenters. The minimum Gasteiger partial charge on any atom is -0.330 e. The minimum absolute atomic E-state index is 0. The van der Waals surface area contributed by atoms with Crippen molar-refractivity contribution in [1.82, 2.24) is 0 Å². The van der Waals surface area contributed by atoms with Crippen LogP contribution in [-0.4, -0.2) is 34.6 Å². The molecule has 0 radical (unpaired) electrons. The van der Waals surface area contributed by atoms with Gasteiger partial charge in [0, 0.05) is 0 Å². The van der Waals surface area contributed by atoms with Crippen LogP contribution < -0.4 is 22.9 Å². The number of hydrogen-bond acceptors (Lipinski definition) is 4. The van der Waals surface area contributed by atoms with Crippen LogP contribution in [0.1, 0.15) is 79.1 Å². The monoisotopic (exact) mass is 306 g/mol. The zero-order valence-electron chi connectivity index (χ0n) is 14.8. The van der Waals surface area contributed by atoms with Gasteiger partial charge in [-0.2, -0.15) is 0 Å². The van der Waals surface area contributed by atoms with Crippen LogP contribution in [0.5, 0.6) is 0 Å². The molecular formula is C16H47BN4. The van der Waals surface area contributed by atoms with Gasteiger partial charge in [0.25, 0.3) is 0 Å². The van der Waals surface area contributed by atoms with Crippen LogP contribution in [0.4, 0.5) is 0 Å². The van der Waals surface area contributed by atoms with Gasteiger partial charge in [0.2, 0.25) is 0 Å². The minimum atomic E-state index is 0. The number of unbranched alkanes of at least 4 members (excludes halogenated alkanes) is 4. The lowest BCUT2D eigenvalue weighted by atomic mass is 10.3. The molecule has 0 amide bonds. The Bertz CT molecular complexity index is 74.3. The molecule has 0 aromatic heterocycles. The molecule has 0 aromatic rings. The summed E-state index contributed by atoms with van der Waals surface area (Å²) in [6.45, 7) is 11.9. The molecule has 0 spiro atoms. The molecular weight excluding hydrogens is 259 g/mol. The van der Waals surface area contributed by atoms with Crippen molar-refractivity contribution >= 4 is 8.41 Å². The normalized spacial score (nSPS) is 8.00. The standard InChI is InChI=1S/4C4H11N.BH3/c4*1-2-3-4-5;/h4*2-5H2,1H3;1H3. The van der Waals surface area contributed by atoms with E-state index in [0.717, 1.165) is 26.2 Å². The van der Waals surface area contributed by atoms with Gasteiger partial charge in [-0.3, -0.25) is 0 Å². The van der Waals surface area contributed by atoms with Crippen LogP contribution in [0, 0.1) is 0 Å². The molecule has 8 N–H and O–H groups in total. The van der Waals surface area contributed by atoms with Crippen molar-refractivity contribution in [3.63, 3.8) is 0 Å². The first kappa shape index (κ1) is 32.7. The molecule has 0 aliphatic rings. The molecule has 0 heterocycles. The molecule has 0 aliphatic heterocycles. The van der Waals surface area contributed by atoms with Gasteiger partial charge in [0.05, 0.1) is 8.41 Å². The third-order valence-electron chi connectivity index (χ3n) is 2.23.